The summed E-state index contributed by atoms with van der Waals surface area (Å²) in [6.07, 6.45) is 5.85. The topological polar surface area (TPSA) is 73.7 Å². The van der Waals surface area contributed by atoms with E-state index < -0.39 is 0 Å². The van der Waals surface area contributed by atoms with Crippen molar-refractivity contribution in [3.8, 4) is 0 Å². The van der Waals surface area contributed by atoms with Crippen LogP contribution in [0.25, 0.3) is 0 Å². The van der Waals surface area contributed by atoms with E-state index in [2.05, 4.69) is 35.7 Å². The van der Waals surface area contributed by atoms with Crippen LogP contribution in [-0.2, 0) is 20.0 Å². The third kappa shape index (κ3) is 2.91. The van der Waals surface area contributed by atoms with Crippen molar-refractivity contribution in [2.45, 2.75) is 46.2 Å². The zero-order valence-corrected chi connectivity index (χ0v) is 12.7. The molecule has 0 spiro atoms. The van der Waals surface area contributed by atoms with Crippen LogP contribution in [0.5, 0.6) is 0 Å². The number of hydrogen-bond acceptors (Lipinski definition) is 4. The SMILES string of the molecule is CCCn1cc(C(Cc2c(C)nn(C)c2C)NN)cn1. The van der Waals surface area contributed by atoms with Gasteiger partial charge in [0.05, 0.1) is 17.9 Å². The van der Waals surface area contributed by atoms with Gasteiger partial charge in [0.2, 0.25) is 0 Å². The molecule has 1 unspecified atom stereocenters. The summed E-state index contributed by atoms with van der Waals surface area (Å²) in [6.45, 7) is 7.20. The maximum absolute atomic E-state index is 5.73. The summed E-state index contributed by atoms with van der Waals surface area (Å²) >= 11 is 0. The molecule has 0 saturated carbocycles. The van der Waals surface area contributed by atoms with Gasteiger partial charge in [-0.2, -0.15) is 10.2 Å². The summed E-state index contributed by atoms with van der Waals surface area (Å²) in [6, 6.07) is 0.0576. The molecule has 0 bridgehead atoms. The van der Waals surface area contributed by atoms with E-state index >= 15 is 0 Å². The van der Waals surface area contributed by atoms with Crippen LogP contribution in [-0.4, -0.2) is 19.6 Å². The van der Waals surface area contributed by atoms with Crippen molar-refractivity contribution >= 4 is 0 Å². The number of aryl methyl sites for hydroxylation is 3. The van der Waals surface area contributed by atoms with Gasteiger partial charge in [-0.05, 0) is 32.3 Å². The molecule has 2 aromatic heterocycles. The Morgan fingerprint density at radius 1 is 1.40 bits per heavy atom. The molecule has 0 radical (unpaired) electrons. The molecule has 0 aliphatic carbocycles. The summed E-state index contributed by atoms with van der Waals surface area (Å²) in [5.41, 5.74) is 7.50. The van der Waals surface area contributed by atoms with Crippen molar-refractivity contribution in [2.24, 2.45) is 12.9 Å². The molecular weight excluding hydrogens is 252 g/mol. The second-order valence-corrected chi connectivity index (χ2v) is 5.23. The van der Waals surface area contributed by atoms with Crippen LogP contribution >= 0.6 is 0 Å². The van der Waals surface area contributed by atoms with Crippen LogP contribution < -0.4 is 11.3 Å². The molecule has 110 valence electrons. The van der Waals surface area contributed by atoms with Gasteiger partial charge >= 0.3 is 0 Å². The molecule has 0 aliphatic rings. The lowest BCUT2D eigenvalue weighted by Crippen LogP contribution is -2.29. The van der Waals surface area contributed by atoms with Crippen LogP contribution in [0.3, 0.4) is 0 Å². The van der Waals surface area contributed by atoms with E-state index in [-0.39, 0.29) is 6.04 Å². The maximum Gasteiger partial charge on any atom is 0.0629 e. The first kappa shape index (κ1) is 14.7. The second kappa shape index (κ2) is 6.19. The zero-order chi connectivity index (χ0) is 14.7. The van der Waals surface area contributed by atoms with E-state index in [0.29, 0.717) is 0 Å². The fourth-order valence-corrected chi connectivity index (χ4v) is 2.50. The maximum atomic E-state index is 5.73. The van der Waals surface area contributed by atoms with Crippen LogP contribution in [0.2, 0.25) is 0 Å². The van der Waals surface area contributed by atoms with E-state index in [4.69, 9.17) is 5.84 Å². The Balaban J connectivity index is 2.19. The average Bonchev–Trinajstić information content (AvgIpc) is 2.96. The predicted octanol–water partition coefficient (Wildman–Crippen LogP) is 1.39. The molecule has 2 aromatic rings. The van der Waals surface area contributed by atoms with Crippen molar-refractivity contribution in [3.63, 3.8) is 0 Å². The van der Waals surface area contributed by atoms with Crippen molar-refractivity contribution in [3.05, 3.63) is 34.9 Å². The Labute approximate surface area is 119 Å². The molecule has 20 heavy (non-hydrogen) atoms. The Kier molecular flexibility index (Phi) is 4.57. The average molecular weight is 276 g/mol. The minimum Gasteiger partial charge on any atom is -0.272 e. The molecule has 2 rings (SSSR count). The fraction of sp³-hybridized carbons (Fsp3) is 0.571. The van der Waals surface area contributed by atoms with Gasteiger partial charge in [-0.25, -0.2) is 0 Å². The van der Waals surface area contributed by atoms with Crippen LogP contribution in [0.1, 0.15) is 41.9 Å². The molecule has 6 heteroatoms. The highest BCUT2D eigenvalue weighted by atomic mass is 15.3. The number of hydrazine groups is 1. The Morgan fingerprint density at radius 3 is 2.70 bits per heavy atom. The highest BCUT2D eigenvalue weighted by molar-refractivity contribution is 5.27. The lowest BCUT2D eigenvalue weighted by Gasteiger charge is -2.14. The quantitative estimate of drug-likeness (QED) is 0.617. The number of rotatable bonds is 6. The van der Waals surface area contributed by atoms with Gasteiger partial charge < -0.3 is 0 Å². The Bertz CT molecular complexity index is 568. The normalized spacial score (nSPS) is 12.8. The number of nitrogens with one attached hydrogen (secondary N) is 1. The molecular formula is C14H24N6. The zero-order valence-electron chi connectivity index (χ0n) is 12.7. The second-order valence-electron chi connectivity index (χ2n) is 5.23. The standard InChI is InChI=1S/C14H24N6/c1-5-6-20-9-12(8-16-20)14(17-15)7-13-10(2)18-19(4)11(13)3/h8-9,14,17H,5-7,15H2,1-4H3. The summed E-state index contributed by atoms with van der Waals surface area (Å²) in [4.78, 5) is 0. The minimum absolute atomic E-state index is 0.0576. The summed E-state index contributed by atoms with van der Waals surface area (Å²) in [5, 5.41) is 8.82. The number of nitrogens with zero attached hydrogens (tertiary/aromatic N) is 4. The largest absolute Gasteiger partial charge is 0.272 e. The highest BCUT2D eigenvalue weighted by Crippen LogP contribution is 2.21. The molecule has 6 nitrogen and oxygen atoms in total. The molecule has 2 heterocycles. The van der Waals surface area contributed by atoms with E-state index in [1.807, 2.05) is 29.5 Å². The van der Waals surface area contributed by atoms with Gasteiger partial charge in [0.1, 0.15) is 0 Å². The van der Waals surface area contributed by atoms with E-state index in [9.17, 15) is 0 Å². The van der Waals surface area contributed by atoms with Gasteiger partial charge in [-0.3, -0.25) is 20.6 Å². The monoisotopic (exact) mass is 276 g/mol. The smallest absolute Gasteiger partial charge is 0.0629 e. The summed E-state index contributed by atoms with van der Waals surface area (Å²) in [5.74, 6) is 5.73. The van der Waals surface area contributed by atoms with Gasteiger partial charge in [0.25, 0.3) is 0 Å². The van der Waals surface area contributed by atoms with Crippen molar-refractivity contribution in [1.29, 1.82) is 0 Å². The number of nitrogens with two attached hydrogens (primary N) is 1. The molecule has 0 aromatic carbocycles. The molecule has 1 atom stereocenters. The number of aromatic nitrogens is 4. The fourth-order valence-electron chi connectivity index (χ4n) is 2.50. The van der Waals surface area contributed by atoms with Gasteiger partial charge in [0, 0.05) is 31.0 Å². The van der Waals surface area contributed by atoms with Crippen LogP contribution in [0, 0.1) is 13.8 Å². The minimum atomic E-state index is 0.0576. The van der Waals surface area contributed by atoms with Crippen molar-refractivity contribution in [1.82, 2.24) is 25.0 Å². The molecule has 0 aliphatic heterocycles. The van der Waals surface area contributed by atoms with Crippen LogP contribution in [0.4, 0.5) is 0 Å². The third-order valence-corrected chi connectivity index (χ3v) is 3.78. The predicted molar refractivity (Wildman–Crippen MR) is 79.0 cm³/mol. The van der Waals surface area contributed by atoms with Gasteiger partial charge in [-0.1, -0.05) is 6.92 Å². The molecule has 3 N–H and O–H groups in total. The summed E-state index contributed by atoms with van der Waals surface area (Å²) in [7, 11) is 1.97. The molecule has 0 amide bonds. The Hall–Kier alpha value is -1.66. The highest BCUT2D eigenvalue weighted by Gasteiger charge is 2.18. The Morgan fingerprint density at radius 2 is 2.15 bits per heavy atom. The van der Waals surface area contributed by atoms with E-state index in [1.165, 1.54) is 11.3 Å². The first-order valence-corrected chi connectivity index (χ1v) is 7.04. The van der Waals surface area contributed by atoms with Crippen LogP contribution in [0.15, 0.2) is 12.4 Å². The van der Waals surface area contributed by atoms with E-state index in [1.54, 1.807) is 0 Å². The molecule has 0 saturated heterocycles. The van der Waals surface area contributed by atoms with Gasteiger partial charge in [-0.15, -0.1) is 0 Å². The number of hydrogen-bond donors (Lipinski definition) is 2. The lowest BCUT2D eigenvalue weighted by atomic mass is 10.0. The van der Waals surface area contributed by atoms with E-state index in [0.717, 1.165) is 30.6 Å². The first-order valence-electron chi connectivity index (χ1n) is 7.04. The lowest BCUT2D eigenvalue weighted by molar-refractivity contribution is 0.546. The summed E-state index contributed by atoms with van der Waals surface area (Å²) < 4.78 is 3.88. The van der Waals surface area contributed by atoms with Crippen molar-refractivity contribution < 1.29 is 0 Å². The van der Waals surface area contributed by atoms with Crippen molar-refractivity contribution in [2.75, 3.05) is 0 Å². The molecule has 0 fully saturated rings. The van der Waals surface area contributed by atoms with Gasteiger partial charge in [0.15, 0.2) is 0 Å². The third-order valence-electron chi connectivity index (χ3n) is 3.78. The first-order chi connectivity index (χ1) is 9.56.